The Kier molecular flexibility index (Phi) is 4.82. The van der Waals surface area contributed by atoms with Crippen LogP contribution in [0.25, 0.3) is 0 Å². The van der Waals surface area contributed by atoms with Crippen LogP contribution in [0.3, 0.4) is 0 Å². The Morgan fingerprint density at radius 3 is 2.48 bits per heavy atom. The summed E-state index contributed by atoms with van der Waals surface area (Å²) in [7, 11) is 0. The Bertz CT molecular complexity index is 694. The summed E-state index contributed by atoms with van der Waals surface area (Å²) in [6.45, 7) is 8.12. The lowest BCUT2D eigenvalue weighted by Crippen LogP contribution is -2.26. The second-order valence-corrected chi connectivity index (χ2v) is 8.59. The number of rotatable bonds is 4. The summed E-state index contributed by atoms with van der Waals surface area (Å²) in [5.74, 6) is 0.316. The number of aryl methyl sites for hydroxylation is 3. The van der Waals surface area contributed by atoms with Crippen molar-refractivity contribution in [1.82, 2.24) is 15.3 Å². The molecule has 0 aliphatic heterocycles. The molecule has 0 radical (unpaired) electrons. The molecule has 0 bridgehead atoms. The third-order valence-corrected chi connectivity index (χ3v) is 6.89. The fraction of sp³-hybridized carbons (Fsp3) is 0.588. The SMILES string of the molecule is Cc1nc(C(C)C)sc1C(=O)N[C@@H](C)c1nc2c(s1)CCCC2. The molecular formula is C17H23N3OS2. The van der Waals surface area contributed by atoms with E-state index in [4.69, 9.17) is 4.98 Å². The Hall–Kier alpha value is -1.27. The molecule has 1 N–H and O–H groups in total. The summed E-state index contributed by atoms with van der Waals surface area (Å²) < 4.78 is 0. The van der Waals surface area contributed by atoms with Gasteiger partial charge < -0.3 is 5.32 Å². The molecule has 0 unspecified atom stereocenters. The summed E-state index contributed by atoms with van der Waals surface area (Å²) in [4.78, 5) is 23.9. The van der Waals surface area contributed by atoms with E-state index in [1.807, 2.05) is 13.8 Å². The Morgan fingerprint density at radius 1 is 1.09 bits per heavy atom. The lowest BCUT2D eigenvalue weighted by atomic mass is 10.0. The molecule has 1 aliphatic carbocycles. The van der Waals surface area contributed by atoms with Crippen molar-refractivity contribution in [3.8, 4) is 0 Å². The Balaban J connectivity index is 1.73. The molecule has 1 aliphatic rings. The minimum Gasteiger partial charge on any atom is -0.342 e. The lowest BCUT2D eigenvalue weighted by molar-refractivity contribution is 0.0943. The van der Waals surface area contributed by atoms with Gasteiger partial charge in [0.05, 0.1) is 22.4 Å². The normalized spacial score (nSPS) is 15.5. The number of aromatic nitrogens is 2. The van der Waals surface area contributed by atoms with Crippen LogP contribution in [0.5, 0.6) is 0 Å². The molecular weight excluding hydrogens is 326 g/mol. The van der Waals surface area contributed by atoms with E-state index in [0.29, 0.717) is 5.92 Å². The first-order valence-corrected chi connectivity index (χ1v) is 9.85. The maximum absolute atomic E-state index is 12.6. The number of nitrogens with one attached hydrogen (secondary N) is 1. The average molecular weight is 350 g/mol. The first-order valence-electron chi connectivity index (χ1n) is 8.22. The molecule has 0 aromatic carbocycles. The largest absolute Gasteiger partial charge is 0.342 e. The van der Waals surface area contributed by atoms with Crippen LogP contribution >= 0.6 is 22.7 Å². The number of nitrogens with zero attached hydrogens (tertiary/aromatic N) is 2. The number of thiazole rings is 2. The average Bonchev–Trinajstić information content (AvgIpc) is 3.10. The van der Waals surface area contributed by atoms with Crippen molar-refractivity contribution >= 4 is 28.6 Å². The molecule has 124 valence electrons. The quantitative estimate of drug-likeness (QED) is 0.890. The first-order chi connectivity index (χ1) is 11.0. The van der Waals surface area contributed by atoms with Gasteiger partial charge in [0.2, 0.25) is 0 Å². The minimum absolute atomic E-state index is 0.0347. The monoisotopic (exact) mass is 349 g/mol. The molecule has 0 saturated carbocycles. The molecule has 0 spiro atoms. The van der Waals surface area contributed by atoms with Crippen LogP contribution in [-0.2, 0) is 12.8 Å². The van der Waals surface area contributed by atoms with E-state index in [1.165, 1.54) is 34.7 Å². The van der Waals surface area contributed by atoms with Crippen molar-refractivity contribution in [2.45, 2.75) is 65.3 Å². The van der Waals surface area contributed by atoms with Crippen LogP contribution in [0.4, 0.5) is 0 Å². The second-order valence-electron chi connectivity index (χ2n) is 6.45. The predicted molar refractivity (Wildman–Crippen MR) is 95.6 cm³/mol. The van der Waals surface area contributed by atoms with Crippen LogP contribution in [0.15, 0.2) is 0 Å². The molecule has 1 amide bonds. The highest BCUT2D eigenvalue weighted by atomic mass is 32.1. The number of carbonyl (C=O) groups is 1. The number of carbonyl (C=O) groups excluding carboxylic acids is 1. The zero-order valence-electron chi connectivity index (χ0n) is 14.1. The van der Waals surface area contributed by atoms with Crippen LogP contribution in [0, 0.1) is 6.92 Å². The molecule has 2 aromatic rings. The maximum atomic E-state index is 12.6. The number of hydrogen-bond donors (Lipinski definition) is 1. The van der Waals surface area contributed by atoms with E-state index in [9.17, 15) is 4.79 Å². The first kappa shape index (κ1) is 16.6. The molecule has 1 atom stereocenters. The van der Waals surface area contributed by atoms with Gasteiger partial charge in [-0.1, -0.05) is 13.8 Å². The molecule has 2 heterocycles. The van der Waals surface area contributed by atoms with Crippen molar-refractivity contribution in [3.63, 3.8) is 0 Å². The number of amides is 1. The van der Waals surface area contributed by atoms with E-state index < -0.39 is 0 Å². The Labute approximate surface area is 145 Å². The third kappa shape index (κ3) is 3.48. The van der Waals surface area contributed by atoms with Crippen LogP contribution in [0.2, 0.25) is 0 Å². The van der Waals surface area contributed by atoms with Gasteiger partial charge >= 0.3 is 0 Å². The summed E-state index contributed by atoms with van der Waals surface area (Å²) in [6.07, 6.45) is 4.71. The van der Waals surface area contributed by atoms with E-state index in [-0.39, 0.29) is 11.9 Å². The van der Waals surface area contributed by atoms with Gasteiger partial charge in [0, 0.05) is 10.8 Å². The minimum atomic E-state index is -0.0536. The number of fused-ring (bicyclic) bond motifs is 1. The molecule has 4 nitrogen and oxygen atoms in total. The molecule has 3 rings (SSSR count). The summed E-state index contributed by atoms with van der Waals surface area (Å²) in [5.41, 5.74) is 2.07. The van der Waals surface area contributed by atoms with Crippen molar-refractivity contribution < 1.29 is 4.79 Å². The lowest BCUT2D eigenvalue weighted by Gasteiger charge is -2.10. The van der Waals surface area contributed by atoms with E-state index in [0.717, 1.165) is 33.4 Å². The van der Waals surface area contributed by atoms with Gasteiger partial charge in [0.25, 0.3) is 5.91 Å². The van der Waals surface area contributed by atoms with Gasteiger partial charge in [-0.25, -0.2) is 9.97 Å². The predicted octanol–water partition coefficient (Wildman–Crippen LogP) is 4.40. The van der Waals surface area contributed by atoms with Crippen LogP contribution < -0.4 is 5.32 Å². The molecule has 2 aromatic heterocycles. The van der Waals surface area contributed by atoms with E-state index >= 15 is 0 Å². The van der Waals surface area contributed by atoms with Crippen LogP contribution in [0.1, 0.15) is 81.5 Å². The van der Waals surface area contributed by atoms with Gasteiger partial charge in [-0.2, -0.15) is 0 Å². The maximum Gasteiger partial charge on any atom is 0.263 e. The summed E-state index contributed by atoms with van der Waals surface area (Å²) in [6, 6.07) is -0.0536. The topological polar surface area (TPSA) is 54.9 Å². The van der Waals surface area contributed by atoms with Gasteiger partial charge in [-0.3, -0.25) is 4.79 Å². The second kappa shape index (κ2) is 6.69. The smallest absolute Gasteiger partial charge is 0.263 e. The van der Waals surface area contributed by atoms with E-state index in [2.05, 4.69) is 24.1 Å². The highest BCUT2D eigenvalue weighted by Gasteiger charge is 2.22. The Morgan fingerprint density at radius 2 is 1.83 bits per heavy atom. The zero-order chi connectivity index (χ0) is 16.6. The standard InChI is InChI=1S/C17H23N3OS2/c1-9(2)16-19-10(3)14(23-16)15(21)18-11(4)17-20-12-7-5-6-8-13(12)22-17/h9,11H,5-8H2,1-4H3,(H,18,21)/t11-/m0/s1. The zero-order valence-corrected chi connectivity index (χ0v) is 15.7. The summed E-state index contributed by atoms with van der Waals surface area (Å²) in [5, 5.41) is 5.14. The van der Waals surface area contributed by atoms with Gasteiger partial charge in [0.1, 0.15) is 9.88 Å². The highest BCUT2D eigenvalue weighted by molar-refractivity contribution is 7.14. The fourth-order valence-electron chi connectivity index (χ4n) is 2.76. The highest BCUT2D eigenvalue weighted by Crippen LogP contribution is 2.30. The number of hydrogen-bond acceptors (Lipinski definition) is 5. The van der Waals surface area contributed by atoms with Crippen molar-refractivity contribution in [3.05, 3.63) is 31.2 Å². The molecule has 6 heteroatoms. The molecule has 0 fully saturated rings. The van der Waals surface area contributed by atoms with Gasteiger partial charge in [0.15, 0.2) is 0 Å². The van der Waals surface area contributed by atoms with Crippen molar-refractivity contribution in [2.24, 2.45) is 0 Å². The van der Waals surface area contributed by atoms with E-state index in [1.54, 1.807) is 11.3 Å². The fourth-order valence-corrected chi connectivity index (χ4v) is 4.88. The van der Waals surface area contributed by atoms with Gasteiger partial charge in [-0.15, -0.1) is 22.7 Å². The van der Waals surface area contributed by atoms with Gasteiger partial charge in [-0.05, 0) is 39.5 Å². The molecule has 0 saturated heterocycles. The van der Waals surface area contributed by atoms with Crippen LogP contribution in [-0.4, -0.2) is 15.9 Å². The molecule has 23 heavy (non-hydrogen) atoms. The summed E-state index contributed by atoms with van der Waals surface area (Å²) >= 11 is 3.26. The van der Waals surface area contributed by atoms with Crippen molar-refractivity contribution in [1.29, 1.82) is 0 Å². The van der Waals surface area contributed by atoms with Crippen molar-refractivity contribution in [2.75, 3.05) is 0 Å². The third-order valence-electron chi connectivity index (χ3n) is 4.09.